The second-order valence-corrected chi connectivity index (χ2v) is 7.98. The maximum atomic E-state index is 14.3. The maximum absolute atomic E-state index is 14.3. The van der Waals surface area contributed by atoms with Crippen molar-refractivity contribution in [1.82, 2.24) is 20.0 Å². The van der Waals surface area contributed by atoms with E-state index in [0.717, 1.165) is 31.4 Å². The van der Waals surface area contributed by atoms with Crippen LogP contribution in [0.5, 0.6) is 0 Å². The minimum absolute atomic E-state index is 0.0376. The van der Waals surface area contributed by atoms with Gasteiger partial charge in [-0.15, -0.1) is 0 Å². The lowest BCUT2D eigenvalue weighted by Gasteiger charge is -2.32. The van der Waals surface area contributed by atoms with Crippen molar-refractivity contribution in [2.24, 2.45) is 13.0 Å². The highest BCUT2D eigenvalue weighted by Crippen LogP contribution is 2.28. The van der Waals surface area contributed by atoms with E-state index in [1.54, 1.807) is 11.9 Å². The topological polar surface area (TPSA) is 67.2 Å². The monoisotopic (exact) mass is 418 g/mol. The van der Waals surface area contributed by atoms with Crippen molar-refractivity contribution in [2.75, 3.05) is 13.1 Å². The van der Waals surface area contributed by atoms with E-state index in [2.05, 4.69) is 17.3 Å². The van der Waals surface area contributed by atoms with Crippen LogP contribution in [-0.2, 0) is 11.8 Å². The van der Waals surface area contributed by atoms with Crippen molar-refractivity contribution in [2.45, 2.75) is 45.6 Å². The maximum Gasteiger partial charge on any atom is 0.257 e. The molecule has 2 unspecified atom stereocenters. The molecule has 1 aromatic carbocycles. The third-order valence-corrected chi connectivity index (χ3v) is 5.44. The van der Waals surface area contributed by atoms with Crippen molar-refractivity contribution in [3.63, 3.8) is 0 Å². The fraction of sp³-hybridized carbons (Fsp3) is 0.500. The second-order valence-electron chi connectivity index (χ2n) is 7.98. The van der Waals surface area contributed by atoms with Crippen LogP contribution in [0.3, 0.4) is 0 Å². The fourth-order valence-electron chi connectivity index (χ4n) is 3.94. The number of amides is 2. The summed E-state index contributed by atoms with van der Waals surface area (Å²) >= 11 is 0. The van der Waals surface area contributed by atoms with Crippen LogP contribution in [0.25, 0.3) is 11.3 Å². The van der Waals surface area contributed by atoms with Gasteiger partial charge in [0.1, 0.15) is 17.3 Å². The lowest BCUT2D eigenvalue weighted by Crippen LogP contribution is -2.47. The van der Waals surface area contributed by atoms with Crippen molar-refractivity contribution in [3.05, 3.63) is 41.6 Å². The van der Waals surface area contributed by atoms with Gasteiger partial charge in [-0.2, -0.15) is 5.10 Å². The minimum atomic E-state index is -0.774. The van der Waals surface area contributed by atoms with Crippen molar-refractivity contribution in [1.29, 1.82) is 0 Å². The van der Waals surface area contributed by atoms with E-state index in [1.165, 1.54) is 16.9 Å². The molecule has 3 rings (SSSR count). The Labute approximate surface area is 175 Å². The smallest absolute Gasteiger partial charge is 0.257 e. The summed E-state index contributed by atoms with van der Waals surface area (Å²) in [5.41, 5.74) is 0.478. The van der Waals surface area contributed by atoms with Gasteiger partial charge in [-0.05, 0) is 38.3 Å². The molecule has 6 nitrogen and oxygen atoms in total. The van der Waals surface area contributed by atoms with Crippen molar-refractivity contribution >= 4 is 11.8 Å². The Bertz CT molecular complexity index is 928. The van der Waals surface area contributed by atoms with E-state index in [-0.39, 0.29) is 40.6 Å². The average molecular weight is 418 g/mol. The molecule has 162 valence electrons. The first kappa shape index (κ1) is 21.9. The predicted octanol–water partition coefficient (Wildman–Crippen LogP) is 3.52. The third kappa shape index (κ3) is 4.86. The summed E-state index contributed by atoms with van der Waals surface area (Å²) in [5, 5.41) is 7.25. The highest BCUT2D eigenvalue weighted by molar-refractivity contribution is 6.00. The van der Waals surface area contributed by atoms with Gasteiger partial charge in [-0.3, -0.25) is 14.3 Å². The number of hydrogen-bond donors (Lipinski definition) is 1. The van der Waals surface area contributed by atoms with Crippen LogP contribution in [-0.4, -0.2) is 45.6 Å². The Morgan fingerprint density at radius 2 is 2.10 bits per heavy atom. The van der Waals surface area contributed by atoms with Crippen LogP contribution < -0.4 is 5.32 Å². The molecule has 8 heteroatoms. The van der Waals surface area contributed by atoms with Crippen molar-refractivity contribution in [3.8, 4) is 11.3 Å². The van der Waals surface area contributed by atoms with E-state index in [4.69, 9.17) is 0 Å². The number of carbonyl (C=O) groups is 2. The van der Waals surface area contributed by atoms with E-state index in [0.29, 0.717) is 19.5 Å². The van der Waals surface area contributed by atoms with Crippen LogP contribution in [0.15, 0.2) is 24.4 Å². The van der Waals surface area contributed by atoms with Crippen LogP contribution in [0.4, 0.5) is 8.78 Å². The van der Waals surface area contributed by atoms with Gasteiger partial charge in [-0.1, -0.05) is 13.3 Å². The molecule has 1 N–H and O–H groups in total. The quantitative estimate of drug-likeness (QED) is 0.781. The normalized spacial score (nSPS) is 17.6. The summed E-state index contributed by atoms with van der Waals surface area (Å²) in [6, 6.07) is 3.29. The number of halogens is 2. The molecule has 1 aliphatic rings. The summed E-state index contributed by atoms with van der Waals surface area (Å²) < 4.78 is 29.0. The number of benzene rings is 1. The van der Waals surface area contributed by atoms with Crippen LogP contribution in [0.1, 0.15) is 49.9 Å². The molecule has 0 aliphatic carbocycles. The number of nitrogens with zero attached hydrogens (tertiary/aromatic N) is 3. The SMILES string of the molecule is CCCC(C)NC(=O)C1CCCN(C(=O)c2cn(C)nc2-c2ccc(F)cc2F)C1. The molecule has 0 radical (unpaired) electrons. The first-order valence-corrected chi connectivity index (χ1v) is 10.4. The molecule has 0 spiro atoms. The standard InChI is InChI=1S/C22H28F2N4O2/c1-4-6-14(2)25-21(29)15-7-5-10-28(12-15)22(30)18-13-27(3)26-20(18)17-9-8-16(23)11-19(17)24/h8-9,11,13-15H,4-7,10,12H2,1-3H3,(H,25,29). The third-order valence-electron chi connectivity index (χ3n) is 5.44. The van der Waals surface area contributed by atoms with Crippen molar-refractivity contribution < 1.29 is 18.4 Å². The predicted molar refractivity (Wildman–Crippen MR) is 110 cm³/mol. The molecule has 2 heterocycles. The Hall–Kier alpha value is -2.77. The van der Waals surface area contributed by atoms with Crippen LogP contribution in [0, 0.1) is 17.6 Å². The number of aromatic nitrogens is 2. The van der Waals surface area contributed by atoms with Crippen LogP contribution in [0.2, 0.25) is 0 Å². The highest BCUT2D eigenvalue weighted by Gasteiger charge is 2.31. The summed E-state index contributed by atoms with van der Waals surface area (Å²) in [6.07, 6.45) is 4.87. The summed E-state index contributed by atoms with van der Waals surface area (Å²) in [5.74, 6) is -2.08. The summed E-state index contributed by atoms with van der Waals surface area (Å²) in [6.45, 7) is 4.88. The molecule has 1 fully saturated rings. The van der Waals surface area contributed by atoms with E-state index in [1.807, 2.05) is 6.92 Å². The Kier molecular flexibility index (Phi) is 6.84. The zero-order valence-corrected chi connectivity index (χ0v) is 17.6. The number of nitrogens with one attached hydrogen (secondary N) is 1. The Balaban J connectivity index is 1.79. The molecule has 1 aliphatic heterocycles. The molecule has 2 atom stereocenters. The number of piperidine rings is 1. The molecule has 0 saturated carbocycles. The number of hydrogen-bond acceptors (Lipinski definition) is 3. The highest BCUT2D eigenvalue weighted by atomic mass is 19.1. The van der Waals surface area contributed by atoms with E-state index < -0.39 is 11.6 Å². The van der Waals surface area contributed by atoms with Gasteiger partial charge in [0, 0.05) is 44.0 Å². The van der Waals surface area contributed by atoms with Gasteiger partial charge in [-0.25, -0.2) is 8.78 Å². The van der Waals surface area contributed by atoms with Gasteiger partial charge in [0.25, 0.3) is 5.91 Å². The minimum Gasteiger partial charge on any atom is -0.353 e. The Morgan fingerprint density at radius 1 is 1.33 bits per heavy atom. The number of likely N-dealkylation sites (tertiary alicyclic amines) is 1. The second kappa shape index (κ2) is 9.36. The zero-order valence-electron chi connectivity index (χ0n) is 17.6. The first-order chi connectivity index (χ1) is 14.3. The zero-order chi connectivity index (χ0) is 21.8. The molecular formula is C22H28F2N4O2. The van der Waals surface area contributed by atoms with E-state index >= 15 is 0 Å². The lowest BCUT2D eigenvalue weighted by atomic mass is 9.95. The van der Waals surface area contributed by atoms with Gasteiger partial charge < -0.3 is 10.2 Å². The summed E-state index contributed by atoms with van der Waals surface area (Å²) in [7, 11) is 1.64. The molecular weight excluding hydrogens is 390 g/mol. The molecule has 30 heavy (non-hydrogen) atoms. The molecule has 2 amide bonds. The number of aryl methyl sites for hydroxylation is 1. The average Bonchev–Trinajstić information content (AvgIpc) is 3.09. The molecule has 1 saturated heterocycles. The van der Waals surface area contributed by atoms with E-state index in [9.17, 15) is 18.4 Å². The lowest BCUT2D eigenvalue weighted by molar-refractivity contribution is -0.127. The molecule has 0 bridgehead atoms. The fourth-order valence-corrected chi connectivity index (χ4v) is 3.94. The van der Waals surface area contributed by atoms with Gasteiger partial charge >= 0.3 is 0 Å². The van der Waals surface area contributed by atoms with Gasteiger partial charge in [0.15, 0.2) is 0 Å². The number of rotatable bonds is 6. The van der Waals surface area contributed by atoms with Gasteiger partial charge in [0.2, 0.25) is 5.91 Å². The molecule has 2 aromatic rings. The summed E-state index contributed by atoms with van der Waals surface area (Å²) in [4.78, 5) is 27.5. The first-order valence-electron chi connectivity index (χ1n) is 10.4. The largest absolute Gasteiger partial charge is 0.353 e. The molecule has 1 aromatic heterocycles. The Morgan fingerprint density at radius 3 is 2.80 bits per heavy atom. The van der Waals surface area contributed by atoms with Crippen LogP contribution >= 0.6 is 0 Å². The number of carbonyl (C=O) groups excluding carboxylic acids is 2. The van der Waals surface area contributed by atoms with Gasteiger partial charge in [0.05, 0.1) is 11.5 Å².